The molecule has 122 valence electrons. The predicted molar refractivity (Wildman–Crippen MR) is 85.0 cm³/mol. The summed E-state index contributed by atoms with van der Waals surface area (Å²) in [6, 6.07) is 4.17. The molecule has 0 aliphatic rings. The second-order valence-electron chi connectivity index (χ2n) is 5.44. The van der Waals surface area contributed by atoms with E-state index in [1.807, 2.05) is 20.8 Å². The van der Waals surface area contributed by atoms with Crippen molar-refractivity contribution in [3.8, 4) is 0 Å². The van der Waals surface area contributed by atoms with E-state index in [9.17, 15) is 20.0 Å². The van der Waals surface area contributed by atoms with Gasteiger partial charge in [-0.3, -0.25) is 10.1 Å². The van der Waals surface area contributed by atoms with Crippen molar-refractivity contribution in [1.29, 1.82) is 0 Å². The van der Waals surface area contributed by atoms with E-state index in [2.05, 4.69) is 10.6 Å². The zero-order chi connectivity index (χ0) is 16.7. The van der Waals surface area contributed by atoms with Crippen LogP contribution in [0, 0.1) is 16.0 Å². The Labute approximate surface area is 129 Å². The Morgan fingerprint density at radius 1 is 1.41 bits per heavy atom. The minimum Gasteiger partial charge on any atom is -0.393 e. The molecule has 0 bridgehead atoms. The summed E-state index contributed by atoms with van der Waals surface area (Å²) in [5, 5.41) is 25.8. The van der Waals surface area contributed by atoms with E-state index in [0.29, 0.717) is 30.6 Å². The van der Waals surface area contributed by atoms with Crippen molar-refractivity contribution >= 4 is 17.4 Å². The molecular formula is C15H23N3O4. The first kappa shape index (κ1) is 17.9. The quantitative estimate of drug-likeness (QED) is 0.532. The Kier molecular flexibility index (Phi) is 6.78. The van der Waals surface area contributed by atoms with Crippen molar-refractivity contribution < 1.29 is 14.8 Å². The fraction of sp³-hybridized carbons (Fsp3) is 0.533. The van der Waals surface area contributed by atoms with Crippen molar-refractivity contribution in [1.82, 2.24) is 5.32 Å². The molecule has 22 heavy (non-hydrogen) atoms. The lowest BCUT2D eigenvalue weighted by Gasteiger charge is -2.14. The highest BCUT2D eigenvalue weighted by Crippen LogP contribution is 2.23. The number of aliphatic hydroxyl groups is 1. The first-order chi connectivity index (χ1) is 10.3. The average Bonchev–Trinajstić information content (AvgIpc) is 2.46. The predicted octanol–water partition coefficient (Wildman–Crippen LogP) is 2.69. The zero-order valence-corrected chi connectivity index (χ0v) is 13.1. The van der Waals surface area contributed by atoms with Crippen molar-refractivity contribution in [3.05, 3.63) is 33.9 Å². The van der Waals surface area contributed by atoms with Gasteiger partial charge in [0.15, 0.2) is 0 Å². The number of rotatable bonds is 7. The Balaban J connectivity index is 2.58. The van der Waals surface area contributed by atoms with Crippen LogP contribution in [0.2, 0.25) is 0 Å². The van der Waals surface area contributed by atoms with E-state index in [1.165, 1.54) is 6.07 Å². The first-order valence-corrected chi connectivity index (χ1v) is 7.35. The van der Waals surface area contributed by atoms with Gasteiger partial charge in [0.1, 0.15) is 0 Å². The highest BCUT2D eigenvalue weighted by molar-refractivity contribution is 5.89. The number of nitro groups is 1. The molecule has 0 aromatic heterocycles. The normalized spacial score (nSPS) is 12.0. The molecule has 0 radical (unpaired) electrons. The summed E-state index contributed by atoms with van der Waals surface area (Å²) in [7, 11) is 0. The van der Waals surface area contributed by atoms with Crippen LogP contribution in [0.5, 0.6) is 0 Å². The number of amides is 2. The summed E-state index contributed by atoms with van der Waals surface area (Å²) in [5.41, 5.74) is 0.984. The van der Waals surface area contributed by atoms with Crippen LogP contribution >= 0.6 is 0 Å². The number of hydrogen-bond donors (Lipinski definition) is 3. The maximum atomic E-state index is 11.7. The molecule has 0 aliphatic carbocycles. The summed E-state index contributed by atoms with van der Waals surface area (Å²) < 4.78 is 0. The van der Waals surface area contributed by atoms with Crippen molar-refractivity contribution in [2.75, 3.05) is 11.9 Å². The van der Waals surface area contributed by atoms with Crippen LogP contribution in [0.1, 0.15) is 32.8 Å². The topological polar surface area (TPSA) is 104 Å². The molecule has 7 heteroatoms. The maximum absolute atomic E-state index is 11.7. The molecule has 0 saturated carbocycles. The SMILES string of the molecule is CCc1ccc(NC(=O)NCCC(O)C(C)C)cc1[N+](=O)[O-]. The Morgan fingerprint density at radius 2 is 2.09 bits per heavy atom. The number of benzene rings is 1. The molecule has 7 nitrogen and oxygen atoms in total. The minimum absolute atomic E-state index is 0.00414. The van der Waals surface area contributed by atoms with Crippen LogP contribution in [-0.2, 0) is 6.42 Å². The first-order valence-electron chi connectivity index (χ1n) is 7.35. The van der Waals surface area contributed by atoms with Gasteiger partial charge in [0.2, 0.25) is 0 Å². The molecule has 1 rings (SSSR count). The number of nitrogens with zero attached hydrogens (tertiary/aromatic N) is 1. The second kappa shape index (κ2) is 8.33. The number of anilines is 1. The van der Waals surface area contributed by atoms with Gasteiger partial charge < -0.3 is 15.7 Å². The van der Waals surface area contributed by atoms with Gasteiger partial charge in [0.25, 0.3) is 5.69 Å². The highest BCUT2D eigenvalue weighted by atomic mass is 16.6. The lowest BCUT2D eigenvalue weighted by Crippen LogP contribution is -2.32. The Morgan fingerprint density at radius 3 is 2.64 bits per heavy atom. The smallest absolute Gasteiger partial charge is 0.319 e. The summed E-state index contributed by atoms with van der Waals surface area (Å²) in [6.45, 7) is 5.97. The molecule has 0 fully saturated rings. The van der Waals surface area contributed by atoms with Gasteiger partial charge >= 0.3 is 6.03 Å². The average molecular weight is 309 g/mol. The third-order valence-corrected chi connectivity index (χ3v) is 3.42. The van der Waals surface area contributed by atoms with E-state index < -0.39 is 17.1 Å². The number of hydrogen-bond acceptors (Lipinski definition) is 4. The minimum atomic E-state index is -0.467. The van der Waals surface area contributed by atoms with E-state index in [-0.39, 0.29) is 11.6 Å². The number of carbonyl (C=O) groups excluding carboxylic acids is 1. The van der Waals surface area contributed by atoms with Crippen LogP contribution in [-0.4, -0.2) is 28.7 Å². The van der Waals surface area contributed by atoms with E-state index in [0.717, 1.165) is 0 Å². The molecular weight excluding hydrogens is 286 g/mol. The summed E-state index contributed by atoms with van der Waals surface area (Å²) >= 11 is 0. The van der Waals surface area contributed by atoms with E-state index >= 15 is 0 Å². The molecule has 1 unspecified atom stereocenters. The van der Waals surface area contributed by atoms with Gasteiger partial charge in [-0.25, -0.2) is 4.79 Å². The van der Waals surface area contributed by atoms with Gasteiger partial charge in [-0.2, -0.15) is 0 Å². The molecule has 2 amide bonds. The Hall–Kier alpha value is -2.15. The monoisotopic (exact) mass is 309 g/mol. The molecule has 0 spiro atoms. The molecule has 3 N–H and O–H groups in total. The number of nitro benzene ring substituents is 1. The highest BCUT2D eigenvalue weighted by Gasteiger charge is 2.14. The number of aliphatic hydroxyl groups excluding tert-OH is 1. The third kappa shape index (κ3) is 5.33. The van der Waals surface area contributed by atoms with Gasteiger partial charge in [-0.15, -0.1) is 0 Å². The lowest BCUT2D eigenvalue weighted by atomic mass is 10.0. The molecule has 1 atom stereocenters. The summed E-state index contributed by atoms with van der Waals surface area (Å²) in [4.78, 5) is 22.2. The number of nitrogens with one attached hydrogen (secondary N) is 2. The van der Waals surface area contributed by atoms with Crippen molar-refractivity contribution in [2.24, 2.45) is 5.92 Å². The molecule has 1 aromatic carbocycles. The molecule has 0 heterocycles. The molecule has 1 aromatic rings. The standard InChI is InChI=1S/C15H23N3O4/c1-4-11-5-6-12(9-13(11)18(21)22)17-15(20)16-8-7-14(19)10(2)3/h5-6,9-10,14,19H,4,7-8H2,1-3H3,(H2,16,17,20). The third-order valence-electron chi connectivity index (χ3n) is 3.42. The van der Waals surface area contributed by atoms with E-state index in [1.54, 1.807) is 12.1 Å². The van der Waals surface area contributed by atoms with Crippen LogP contribution in [0.3, 0.4) is 0 Å². The Bertz CT molecular complexity index is 532. The van der Waals surface area contributed by atoms with Crippen LogP contribution in [0.25, 0.3) is 0 Å². The van der Waals surface area contributed by atoms with Gasteiger partial charge in [-0.1, -0.05) is 26.8 Å². The molecule has 0 aliphatic heterocycles. The van der Waals surface area contributed by atoms with Gasteiger partial charge in [0, 0.05) is 23.9 Å². The fourth-order valence-electron chi connectivity index (χ4n) is 1.95. The fourth-order valence-corrected chi connectivity index (χ4v) is 1.95. The number of urea groups is 1. The van der Waals surface area contributed by atoms with Gasteiger partial charge in [0.05, 0.1) is 11.0 Å². The zero-order valence-electron chi connectivity index (χ0n) is 13.1. The molecule has 0 saturated heterocycles. The largest absolute Gasteiger partial charge is 0.393 e. The summed E-state index contributed by atoms with van der Waals surface area (Å²) in [5.74, 6) is 0.133. The van der Waals surface area contributed by atoms with Crippen LogP contribution in [0.15, 0.2) is 18.2 Å². The van der Waals surface area contributed by atoms with Crippen molar-refractivity contribution in [3.63, 3.8) is 0 Å². The van der Waals surface area contributed by atoms with Crippen molar-refractivity contribution in [2.45, 2.75) is 39.7 Å². The lowest BCUT2D eigenvalue weighted by molar-refractivity contribution is -0.385. The van der Waals surface area contributed by atoms with Crippen LogP contribution < -0.4 is 10.6 Å². The number of aryl methyl sites for hydroxylation is 1. The van der Waals surface area contributed by atoms with E-state index in [4.69, 9.17) is 0 Å². The summed E-state index contributed by atoms with van der Waals surface area (Å²) in [6.07, 6.45) is 0.542. The van der Waals surface area contributed by atoms with Crippen LogP contribution in [0.4, 0.5) is 16.2 Å². The second-order valence-corrected chi connectivity index (χ2v) is 5.44. The number of carbonyl (C=O) groups is 1. The maximum Gasteiger partial charge on any atom is 0.319 e. The van der Waals surface area contributed by atoms with Gasteiger partial charge in [-0.05, 0) is 24.8 Å².